The van der Waals surface area contributed by atoms with Crippen molar-refractivity contribution in [2.45, 2.75) is 17.7 Å². The monoisotopic (exact) mass is 404 g/mol. The average Bonchev–Trinajstić information content (AvgIpc) is 3.27. The number of aryl methyl sites for hydroxylation is 1. The summed E-state index contributed by atoms with van der Waals surface area (Å²) in [6.45, 7) is 2.00. The van der Waals surface area contributed by atoms with E-state index in [0.717, 1.165) is 15.6 Å². The summed E-state index contributed by atoms with van der Waals surface area (Å²) in [6, 6.07) is 7.65. The van der Waals surface area contributed by atoms with Crippen LogP contribution in [0, 0.1) is 6.92 Å². The van der Waals surface area contributed by atoms with Gasteiger partial charge in [0.1, 0.15) is 0 Å². The predicted octanol–water partition coefficient (Wildman–Crippen LogP) is 3.82. The lowest BCUT2D eigenvalue weighted by atomic mass is 10.2. The van der Waals surface area contributed by atoms with Crippen LogP contribution in [0.3, 0.4) is 0 Å². The van der Waals surface area contributed by atoms with Gasteiger partial charge in [-0.25, -0.2) is 9.97 Å². The van der Waals surface area contributed by atoms with E-state index >= 15 is 0 Å². The Labute approximate surface area is 163 Å². The van der Waals surface area contributed by atoms with Gasteiger partial charge in [0.05, 0.1) is 17.9 Å². The first-order valence-electron chi connectivity index (χ1n) is 7.71. The van der Waals surface area contributed by atoms with Gasteiger partial charge < -0.3 is 10.6 Å². The second-order valence-corrected chi connectivity index (χ2v) is 8.34. The van der Waals surface area contributed by atoms with Crippen molar-refractivity contribution in [1.82, 2.24) is 9.97 Å². The number of nitrogens with one attached hydrogen (secondary N) is 2. The first-order chi connectivity index (χ1) is 12.6. The zero-order valence-electron chi connectivity index (χ0n) is 13.9. The maximum Gasteiger partial charge on any atom is 0.234 e. The van der Waals surface area contributed by atoms with Crippen molar-refractivity contribution in [1.29, 1.82) is 0 Å². The van der Waals surface area contributed by atoms with E-state index < -0.39 is 0 Å². The highest BCUT2D eigenvalue weighted by molar-refractivity contribution is 8.01. The van der Waals surface area contributed by atoms with Crippen LogP contribution in [0.1, 0.15) is 11.3 Å². The lowest BCUT2D eigenvalue weighted by molar-refractivity contribution is -0.116. The van der Waals surface area contributed by atoms with Crippen molar-refractivity contribution in [3.8, 4) is 0 Å². The molecule has 2 N–H and O–H groups in total. The van der Waals surface area contributed by atoms with Gasteiger partial charge in [0.25, 0.3) is 0 Å². The molecule has 0 saturated heterocycles. The molecule has 0 spiro atoms. The molecule has 3 aromatic rings. The molecule has 6 nitrogen and oxygen atoms in total. The van der Waals surface area contributed by atoms with Gasteiger partial charge in [-0.15, -0.1) is 22.7 Å². The molecule has 2 heterocycles. The van der Waals surface area contributed by atoms with Crippen LogP contribution in [0.5, 0.6) is 0 Å². The van der Waals surface area contributed by atoms with Crippen molar-refractivity contribution >= 4 is 57.1 Å². The van der Waals surface area contributed by atoms with Crippen LogP contribution < -0.4 is 10.6 Å². The van der Waals surface area contributed by atoms with E-state index in [-0.39, 0.29) is 24.0 Å². The van der Waals surface area contributed by atoms with Crippen LogP contribution in [0.15, 0.2) is 45.6 Å². The molecule has 0 aliphatic heterocycles. The van der Waals surface area contributed by atoms with Gasteiger partial charge in [0.15, 0.2) is 9.47 Å². The van der Waals surface area contributed by atoms with E-state index in [1.807, 2.05) is 36.6 Å². The third-order valence-corrected chi connectivity index (χ3v) is 5.97. The van der Waals surface area contributed by atoms with Crippen molar-refractivity contribution in [2.75, 3.05) is 16.4 Å². The van der Waals surface area contributed by atoms with Crippen molar-refractivity contribution in [3.05, 3.63) is 52.5 Å². The number of nitrogens with zero attached hydrogens (tertiary/aromatic N) is 2. The summed E-state index contributed by atoms with van der Waals surface area (Å²) in [6.07, 6.45) is 1.83. The lowest BCUT2D eigenvalue weighted by Crippen LogP contribution is -2.14. The molecule has 0 fully saturated rings. The molecule has 2 aromatic heterocycles. The van der Waals surface area contributed by atoms with Crippen molar-refractivity contribution in [2.24, 2.45) is 0 Å². The molecule has 1 aromatic carbocycles. The van der Waals surface area contributed by atoms with Crippen LogP contribution in [0.25, 0.3) is 0 Å². The summed E-state index contributed by atoms with van der Waals surface area (Å²) in [4.78, 5) is 32.3. The molecule has 0 aliphatic rings. The van der Waals surface area contributed by atoms with E-state index in [9.17, 15) is 9.59 Å². The molecule has 2 amide bonds. The number of anilines is 2. The number of carbonyl (C=O) groups excluding carboxylic acids is 2. The number of aromatic nitrogens is 2. The standard InChI is InChI=1S/C17H16N4O2S3/c1-11-2-4-12(5-3-11)19-15(23)10-26-17-20-13(9-25-17)8-14(22)21-16-18-6-7-24-16/h2-7,9H,8,10H2,1H3,(H,19,23)(H,18,21,22). The molecule has 0 saturated carbocycles. The summed E-state index contributed by atoms with van der Waals surface area (Å²) in [5.74, 6) is 0.0302. The zero-order chi connectivity index (χ0) is 18.4. The number of carbonyl (C=O) groups is 2. The molecule has 3 rings (SSSR count). The Hall–Kier alpha value is -2.23. The number of amides is 2. The van der Waals surface area contributed by atoms with Crippen molar-refractivity contribution < 1.29 is 9.59 Å². The normalized spacial score (nSPS) is 10.5. The number of hydrogen-bond donors (Lipinski definition) is 2. The molecule has 134 valence electrons. The highest BCUT2D eigenvalue weighted by Gasteiger charge is 2.11. The smallest absolute Gasteiger partial charge is 0.234 e. The first-order valence-corrected chi connectivity index (χ1v) is 10.5. The Morgan fingerprint density at radius 3 is 2.65 bits per heavy atom. The third-order valence-electron chi connectivity index (χ3n) is 3.21. The summed E-state index contributed by atoms with van der Waals surface area (Å²) in [5.41, 5.74) is 2.61. The Morgan fingerprint density at radius 2 is 1.92 bits per heavy atom. The molecular weight excluding hydrogens is 388 g/mol. The number of thiazole rings is 2. The Balaban J connectivity index is 1.45. The van der Waals surface area contributed by atoms with Crippen LogP contribution >= 0.6 is 34.4 Å². The summed E-state index contributed by atoms with van der Waals surface area (Å²) >= 11 is 4.16. The molecule has 0 radical (unpaired) electrons. The minimum absolute atomic E-state index is 0.0860. The van der Waals surface area contributed by atoms with Crippen LogP contribution in [-0.4, -0.2) is 27.5 Å². The summed E-state index contributed by atoms with van der Waals surface area (Å²) in [5, 5.41) is 9.79. The number of rotatable bonds is 7. The number of benzene rings is 1. The van der Waals surface area contributed by atoms with E-state index in [1.54, 1.807) is 11.6 Å². The minimum Gasteiger partial charge on any atom is -0.325 e. The van der Waals surface area contributed by atoms with Crippen LogP contribution in [-0.2, 0) is 16.0 Å². The highest BCUT2D eigenvalue weighted by atomic mass is 32.2. The van der Waals surface area contributed by atoms with E-state index in [1.165, 1.54) is 34.4 Å². The Bertz CT molecular complexity index is 876. The Morgan fingerprint density at radius 1 is 1.12 bits per heavy atom. The molecule has 26 heavy (non-hydrogen) atoms. The first kappa shape index (κ1) is 18.6. The van der Waals surface area contributed by atoms with Gasteiger partial charge in [-0.2, -0.15) is 0 Å². The van der Waals surface area contributed by atoms with E-state index in [4.69, 9.17) is 0 Å². The molecule has 0 unspecified atom stereocenters. The van der Waals surface area contributed by atoms with E-state index in [2.05, 4.69) is 20.6 Å². The largest absolute Gasteiger partial charge is 0.325 e. The lowest BCUT2D eigenvalue weighted by Gasteiger charge is -2.04. The van der Waals surface area contributed by atoms with Crippen molar-refractivity contribution in [3.63, 3.8) is 0 Å². The maximum absolute atomic E-state index is 12.0. The average molecular weight is 405 g/mol. The summed E-state index contributed by atoms with van der Waals surface area (Å²) < 4.78 is 0.765. The fourth-order valence-electron chi connectivity index (χ4n) is 2.01. The molecule has 9 heteroatoms. The van der Waals surface area contributed by atoms with Gasteiger partial charge in [-0.05, 0) is 19.1 Å². The molecular formula is C17H16N4O2S3. The second-order valence-electron chi connectivity index (χ2n) is 5.37. The van der Waals surface area contributed by atoms with Gasteiger partial charge in [0.2, 0.25) is 11.8 Å². The zero-order valence-corrected chi connectivity index (χ0v) is 16.3. The van der Waals surface area contributed by atoms with E-state index in [0.29, 0.717) is 10.8 Å². The number of hydrogen-bond acceptors (Lipinski definition) is 7. The predicted molar refractivity (Wildman–Crippen MR) is 107 cm³/mol. The van der Waals surface area contributed by atoms with Crippen LogP contribution in [0.2, 0.25) is 0 Å². The SMILES string of the molecule is Cc1ccc(NC(=O)CSc2nc(CC(=O)Nc3nccs3)cs2)cc1. The fourth-order valence-corrected chi connectivity index (χ4v) is 4.20. The maximum atomic E-state index is 12.0. The van der Waals surface area contributed by atoms with Gasteiger partial charge in [-0.3, -0.25) is 9.59 Å². The topological polar surface area (TPSA) is 84.0 Å². The Kier molecular flexibility index (Phi) is 6.37. The van der Waals surface area contributed by atoms with Gasteiger partial charge in [0, 0.05) is 22.6 Å². The fraction of sp³-hybridized carbons (Fsp3) is 0.176. The van der Waals surface area contributed by atoms with Gasteiger partial charge >= 0.3 is 0 Å². The van der Waals surface area contributed by atoms with Crippen LogP contribution in [0.4, 0.5) is 10.8 Å². The molecule has 0 bridgehead atoms. The quantitative estimate of drug-likeness (QED) is 0.585. The molecule has 0 aliphatic carbocycles. The second kappa shape index (κ2) is 8.93. The molecule has 0 atom stereocenters. The number of thioether (sulfide) groups is 1. The minimum atomic E-state index is -0.154. The van der Waals surface area contributed by atoms with Gasteiger partial charge in [-0.1, -0.05) is 29.5 Å². The highest BCUT2D eigenvalue weighted by Crippen LogP contribution is 2.23. The summed E-state index contributed by atoms with van der Waals surface area (Å²) in [7, 11) is 0. The third kappa shape index (κ3) is 5.65.